The number of imidazole rings is 1. The fourth-order valence-electron chi connectivity index (χ4n) is 3.92. The molecule has 2 amide bonds. The molecule has 2 unspecified atom stereocenters. The van der Waals surface area contributed by atoms with Gasteiger partial charge in [0.2, 0.25) is 11.8 Å². The van der Waals surface area contributed by atoms with Crippen LogP contribution in [0.15, 0.2) is 72.9 Å². The molecule has 0 aliphatic heterocycles. The Balaban J connectivity index is 2.06. The third-order valence-electron chi connectivity index (χ3n) is 6.07. The molecule has 0 saturated heterocycles. The number of ether oxygens (including phenoxy) is 1. The third-order valence-corrected chi connectivity index (χ3v) is 6.07. The van der Waals surface area contributed by atoms with Crippen LogP contribution in [-0.4, -0.2) is 52.6 Å². The zero-order valence-electron chi connectivity index (χ0n) is 22.0. The second-order valence-corrected chi connectivity index (χ2v) is 9.15. The summed E-state index contributed by atoms with van der Waals surface area (Å²) in [4.78, 5) is 41.0. The maximum absolute atomic E-state index is 12.9. The Hall–Kier alpha value is -3.52. The van der Waals surface area contributed by atoms with Crippen molar-refractivity contribution in [3.05, 3.63) is 78.4 Å². The first-order valence-corrected chi connectivity index (χ1v) is 12.1. The van der Waals surface area contributed by atoms with Crippen molar-refractivity contribution in [1.82, 2.24) is 20.2 Å². The van der Waals surface area contributed by atoms with Gasteiger partial charge < -0.3 is 15.4 Å². The Kier molecular flexibility index (Phi) is 11.3. The number of allylic oxidation sites excluding steroid dienone is 2. The highest BCUT2D eigenvalue weighted by Gasteiger charge is 2.26. The number of rotatable bonds is 12. The predicted octanol–water partition coefficient (Wildman–Crippen LogP) is 3.57. The monoisotopic (exact) mass is 494 g/mol. The SMILES string of the molecule is CO[C@@H](Cc1ccccc1)[C@@H](C)C=C(C)C=CC(NC(C)=O)[C@H](C)C(=O)NC(C)C(=O)n1ccnc1. The molecule has 5 atom stereocenters. The number of nitrogens with one attached hydrogen (secondary N) is 2. The van der Waals surface area contributed by atoms with E-state index in [2.05, 4.69) is 40.8 Å². The van der Waals surface area contributed by atoms with E-state index < -0.39 is 18.0 Å². The van der Waals surface area contributed by atoms with Crippen LogP contribution in [0.4, 0.5) is 0 Å². The molecule has 2 rings (SSSR count). The lowest BCUT2D eigenvalue weighted by Gasteiger charge is -2.23. The first-order valence-electron chi connectivity index (χ1n) is 12.1. The number of carbonyl (C=O) groups excluding carboxylic acids is 3. The molecule has 1 aromatic heterocycles. The molecule has 0 aliphatic carbocycles. The fraction of sp³-hybridized carbons (Fsp3) is 0.429. The van der Waals surface area contributed by atoms with Crippen LogP contribution in [0.25, 0.3) is 0 Å². The Labute approximate surface area is 213 Å². The maximum atomic E-state index is 12.9. The van der Waals surface area contributed by atoms with Crippen LogP contribution in [-0.2, 0) is 20.7 Å². The van der Waals surface area contributed by atoms with Crippen molar-refractivity contribution in [2.45, 2.75) is 59.2 Å². The molecule has 8 heteroatoms. The second-order valence-electron chi connectivity index (χ2n) is 9.15. The number of aromatic nitrogens is 2. The van der Waals surface area contributed by atoms with Gasteiger partial charge in [0.05, 0.1) is 18.1 Å². The Morgan fingerprint density at radius 1 is 1.08 bits per heavy atom. The molecule has 2 N–H and O–H groups in total. The lowest BCUT2D eigenvalue weighted by molar-refractivity contribution is -0.126. The Bertz CT molecular complexity index is 1050. The van der Waals surface area contributed by atoms with Gasteiger partial charge in [-0.05, 0) is 25.8 Å². The van der Waals surface area contributed by atoms with Gasteiger partial charge in [-0.2, -0.15) is 0 Å². The summed E-state index contributed by atoms with van der Waals surface area (Å²) in [6, 6.07) is 8.92. The molecule has 0 fully saturated rings. The number of nitrogens with zero attached hydrogens (tertiary/aromatic N) is 2. The summed E-state index contributed by atoms with van der Waals surface area (Å²) in [6.45, 7) is 8.83. The van der Waals surface area contributed by atoms with E-state index in [0.29, 0.717) is 0 Å². The van der Waals surface area contributed by atoms with Crippen LogP contribution in [0.3, 0.4) is 0 Å². The van der Waals surface area contributed by atoms with Crippen molar-refractivity contribution in [3.8, 4) is 0 Å². The number of hydrogen-bond donors (Lipinski definition) is 2. The van der Waals surface area contributed by atoms with E-state index in [9.17, 15) is 14.4 Å². The lowest BCUT2D eigenvalue weighted by Crippen LogP contribution is -2.48. The summed E-state index contributed by atoms with van der Waals surface area (Å²) in [6.07, 6.45) is 11.1. The molecule has 1 aromatic carbocycles. The summed E-state index contributed by atoms with van der Waals surface area (Å²) in [5.74, 6) is -1.33. The fourth-order valence-corrected chi connectivity index (χ4v) is 3.92. The van der Waals surface area contributed by atoms with Crippen LogP contribution in [0, 0.1) is 11.8 Å². The minimum Gasteiger partial charge on any atom is -0.381 e. The van der Waals surface area contributed by atoms with E-state index in [0.717, 1.165) is 12.0 Å². The first kappa shape index (κ1) is 28.7. The quantitative estimate of drug-likeness (QED) is 0.439. The van der Waals surface area contributed by atoms with Crippen LogP contribution >= 0.6 is 0 Å². The van der Waals surface area contributed by atoms with E-state index in [4.69, 9.17) is 4.74 Å². The van der Waals surface area contributed by atoms with E-state index in [1.807, 2.05) is 37.3 Å². The summed E-state index contributed by atoms with van der Waals surface area (Å²) in [7, 11) is 1.72. The number of amides is 2. The van der Waals surface area contributed by atoms with Crippen LogP contribution in [0.5, 0.6) is 0 Å². The Morgan fingerprint density at radius 2 is 1.78 bits per heavy atom. The molecular formula is C28H38N4O4. The van der Waals surface area contributed by atoms with Crippen LogP contribution in [0.1, 0.15) is 45.0 Å². The standard InChI is InChI=1S/C28H38N4O4/c1-19(16-20(2)26(36-6)17-24-10-8-7-9-11-24)12-13-25(31-23(5)33)21(3)27(34)30-22(4)28(35)32-15-14-29-18-32/h7-16,18,20-22,25-26H,17H2,1-6H3,(H,30,34)(H,31,33)/t20-,21-,22?,25?,26-/m0/s1. The van der Waals surface area contributed by atoms with Gasteiger partial charge in [-0.15, -0.1) is 0 Å². The van der Waals surface area contributed by atoms with Crippen molar-refractivity contribution in [1.29, 1.82) is 0 Å². The van der Waals surface area contributed by atoms with Crippen molar-refractivity contribution >= 4 is 17.7 Å². The van der Waals surface area contributed by atoms with Gasteiger partial charge in [0.1, 0.15) is 12.4 Å². The molecule has 194 valence electrons. The average molecular weight is 495 g/mol. The molecule has 0 bridgehead atoms. The number of carbonyl (C=O) groups is 3. The minimum atomic E-state index is -0.741. The molecule has 1 heterocycles. The van der Waals surface area contributed by atoms with Gasteiger partial charge in [-0.3, -0.25) is 19.0 Å². The van der Waals surface area contributed by atoms with Crippen molar-refractivity contribution in [2.24, 2.45) is 11.8 Å². The molecule has 0 radical (unpaired) electrons. The Morgan fingerprint density at radius 3 is 2.36 bits per heavy atom. The smallest absolute Gasteiger partial charge is 0.254 e. The third kappa shape index (κ3) is 8.92. The number of methoxy groups -OCH3 is 1. The van der Waals surface area contributed by atoms with Crippen molar-refractivity contribution in [3.63, 3.8) is 0 Å². The van der Waals surface area contributed by atoms with Crippen molar-refractivity contribution in [2.75, 3.05) is 7.11 Å². The zero-order chi connectivity index (χ0) is 26.7. The van der Waals surface area contributed by atoms with E-state index >= 15 is 0 Å². The van der Waals surface area contributed by atoms with E-state index in [1.165, 1.54) is 35.8 Å². The van der Waals surface area contributed by atoms with Gasteiger partial charge in [-0.25, -0.2) is 4.98 Å². The normalized spacial score (nSPS) is 16.1. The molecule has 2 aromatic rings. The molecule has 0 saturated carbocycles. The number of hydrogen-bond acceptors (Lipinski definition) is 5. The van der Waals surface area contributed by atoms with Gasteiger partial charge in [0, 0.05) is 32.3 Å². The maximum Gasteiger partial charge on any atom is 0.254 e. The lowest BCUT2D eigenvalue weighted by atomic mass is 9.94. The zero-order valence-corrected chi connectivity index (χ0v) is 22.0. The highest BCUT2D eigenvalue weighted by Crippen LogP contribution is 2.17. The summed E-state index contributed by atoms with van der Waals surface area (Å²) >= 11 is 0. The first-order chi connectivity index (χ1) is 17.1. The van der Waals surface area contributed by atoms with Crippen LogP contribution in [0.2, 0.25) is 0 Å². The van der Waals surface area contributed by atoms with Gasteiger partial charge in [0.15, 0.2) is 0 Å². The topological polar surface area (TPSA) is 102 Å². The summed E-state index contributed by atoms with van der Waals surface area (Å²) < 4.78 is 7.06. The molecule has 8 nitrogen and oxygen atoms in total. The molecule has 0 spiro atoms. The minimum absolute atomic E-state index is 0.0149. The van der Waals surface area contributed by atoms with E-state index in [-0.39, 0.29) is 29.7 Å². The predicted molar refractivity (Wildman–Crippen MR) is 140 cm³/mol. The van der Waals surface area contributed by atoms with Gasteiger partial charge >= 0.3 is 0 Å². The molecule has 0 aliphatic rings. The second kappa shape index (κ2) is 14.1. The highest BCUT2D eigenvalue weighted by molar-refractivity contribution is 5.90. The van der Waals surface area contributed by atoms with Crippen molar-refractivity contribution < 1.29 is 19.1 Å². The largest absolute Gasteiger partial charge is 0.381 e. The van der Waals surface area contributed by atoms with Gasteiger partial charge in [-0.1, -0.05) is 68.0 Å². The van der Waals surface area contributed by atoms with Gasteiger partial charge in [0.25, 0.3) is 5.91 Å². The van der Waals surface area contributed by atoms with E-state index in [1.54, 1.807) is 21.0 Å². The molecular weight excluding hydrogens is 456 g/mol. The average Bonchev–Trinajstić information content (AvgIpc) is 3.39. The van der Waals surface area contributed by atoms with Crippen LogP contribution < -0.4 is 10.6 Å². The summed E-state index contributed by atoms with van der Waals surface area (Å²) in [5, 5.41) is 5.56. The summed E-state index contributed by atoms with van der Waals surface area (Å²) in [5.41, 5.74) is 2.20. The molecule has 36 heavy (non-hydrogen) atoms. The number of benzene rings is 1. The highest BCUT2D eigenvalue weighted by atomic mass is 16.5.